The maximum Gasteiger partial charge on any atom is 0.250 e. The number of anilines is 1. The van der Waals surface area contributed by atoms with E-state index >= 15 is 0 Å². The molecule has 100 valence electrons. The largest absolute Gasteiger partial charge is 0.494 e. The van der Waals surface area contributed by atoms with Crippen molar-refractivity contribution in [1.29, 1.82) is 0 Å². The summed E-state index contributed by atoms with van der Waals surface area (Å²) in [5, 5.41) is 3.46. The molecule has 1 aromatic carbocycles. The molecule has 1 amide bonds. The maximum atomic E-state index is 11.5. The summed E-state index contributed by atoms with van der Waals surface area (Å²) >= 11 is 3.40. The van der Waals surface area contributed by atoms with Crippen LogP contribution in [0.5, 0.6) is 5.75 Å². The zero-order valence-electron chi connectivity index (χ0n) is 10.7. The summed E-state index contributed by atoms with van der Waals surface area (Å²) in [6, 6.07) is 5.57. The number of nitrogens with one attached hydrogen (secondary N) is 1. The number of halogens is 1. The van der Waals surface area contributed by atoms with Crippen molar-refractivity contribution in [2.75, 3.05) is 25.1 Å². The lowest BCUT2D eigenvalue weighted by Gasteiger charge is -2.11. The predicted molar refractivity (Wildman–Crippen MR) is 75.4 cm³/mol. The van der Waals surface area contributed by atoms with Crippen molar-refractivity contribution in [2.45, 2.75) is 19.2 Å². The molecule has 0 atom stereocenters. The van der Waals surface area contributed by atoms with Crippen LogP contribution in [0.4, 0.5) is 5.69 Å². The van der Waals surface area contributed by atoms with Gasteiger partial charge in [-0.2, -0.15) is 0 Å². The number of benzene rings is 1. The lowest BCUT2D eigenvalue weighted by atomic mass is 10.2. The van der Waals surface area contributed by atoms with E-state index in [1.54, 1.807) is 0 Å². The molecular formula is C13H18BrNO3. The molecule has 1 rings (SSSR count). The van der Waals surface area contributed by atoms with Gasteiger partial charge >= 0.3 is 0 Å². The maximum absolute atomic E-state index is 11.5. The average molecular weight is 316 g/mol. The van der Waals surface area contributed by atoms with Crippen molar-refractivity contribution < 1.29 is 14.3 Å². The van der Waals surface area contributed by atoms with Gasteiger partial charge in [0.15, 0.2) is 0 Å². The first-order valence-electron chi connectivity index (χ1n) is 5.90. The van der Waals surface area contributed by atoms with Crippen LogP contribution in [0.3, 0.4) is 0 Å². The van der Waals surface area contributed by atoms with E-state index in [0.717, 1.165) is 17.0 Å². The van der Waals surface area contributed by atoms with Crippen molar-refractivity contribution in [1.82, 2.24) is 0 Å². The Morgan fingerprint density at radius 3 is 2.72 bits per heavy atom. The SMILES string of the molecule is CCOCC(=O)Nc1ccc(OCC)c(CBr)c1. The fourth-order valence-corrected chi connectivity index (χ4v) is 1.89. The van der Waals surface area contributed by atoms with Gasteiger partial charge in [0.2, 0.25) is 5.91 Å². The van der Waals surface area contributed by atoms with Crippen LogP contribution in [0.25, 0.3) is 0 Å². The lowest BCUT2D eigenvalue weighted by Crippen LogP contribution is -2.18. The molecule has 0 heterocycles. The number of carbonyl (C=O) groups excluding carboxylic acids is 1. The van der Waals surface area contributed by atoms with Crippen LogP contribution < -0.4 is 10.1 Å². The minimum Gasteiger partial charge on any atom is -0.494 e. The number of carbonyl (C=O) groups is 1. The average Bonchev–Trinajstić information content (AvgIpc) is 2.38. The van der Waals surface area contributed by atoms with Gasteiger partial charge in [0.1, 0.15) is 12.4 Å². The van der Waals surface area contributed by atoms with Gasteiger partial charge in [-0.15, -0.1) is 0 Å². The van der Waals surface area contributed by atoms with Crippen LogP contribution in [0.2, 0.25) is 0 Å². The van der Waals surface area contributed by atoms with Gasteiger partial charge in [-0.3, -0.25) is 4.79 Å². The van der Waals surface area contributed by atoms with Gasteiger partial charge in [-0.25, -0.2) is 0 Å². The number of ether oxygens (including phenoxy) is 2. The molecule has 0 fully saturated rings. The summed E-state index contributed by atoms with van der Waals surface area (Å²) in [5.74, 6) is 0.679. The lowest BCUT2D eigenvalue weighted by molar-refractivity contribution is -0.120. The monoisotopic (exact) mass is 315 g/mol. The van der Waals surface area contributed by atoms with Crippen LogP contribution in [0, 0.1) is 0 Å². The summed E-state index contributed by atoms with van der Waals surface area (Å²) < 4.78 is 10.5. The highest BCUT2D eigenvalue weighted by Gasteiger charge is 2.06. The van der Waals surface area contributed by atoms with Gasteiger partial charge in [-0.05, 0) is 32.0 Å². The highest BCUT2D eigenvalue weighted by Crippen LogP contribution is 2.25. The third-order valence-electron chi connectivity index (χ3n) is 2.23. The molecule has 1 aromatic rings. The molecular weight excluding hydrogens is 298 g/mol. The Balaban J connectivity index is 2.69. The van der Waals surface area contributed by atoms with Gasteiger partial charge in [-0.1, -0.05) is 15.9 Å². The summed E-state index contributed by atoms with van der Waals surface area (Å²) in [6.07, 6.45) is 0. The summed E-state index contributed by atoms with van der Waals surface area (Å²) in [6.45, 7) is 5.02. The second-order valence-corrected chi connectivity index (χ2v) is 4.14. The van der Waals surface area contributed by atoms with Gasteiger partial charge < -0.3 is 14.8 Å². The van der Waals surface area contributed by atoms with E-state index in [2.05, 4.69) is 21.2 Å². The molecule has 0 aromatic heterocycles. The minimum absolute atomic E-state index is 0.0767. The zero-order chi connectivity index (χ0) is 13.4. The van der Waals surface area contributed by atoms with Gasteiger partial charge in [0, 0.05) is 23.2 Å². The van der Waals surface area contributed by atoms with E-state index in [4.69, 9.17) is 9.47 Å². The first-order chi connectivity index (χ1) is 8.71. The Morgan fingerprint density at radius 2 is 2.11 bits per heavy atom. The molecule has 0 saturated carbocycles. The Bertz CT molecular complexity index is 396. The van der Waals surface area contributed by atoms with E-state index in [-0.39, 0.29) is 12.5 Å². The topological polar surface area (TPSA) is 47.6 Å². The fraction of sp³-hybridized carbons (Fsp3) is 0.462. The molecule has 0 saturated heterocycles. The van der Waals surface area contributed by atoms with Crippen LogP contribution in [0.15, 0.2) is 18.2 Å². The third-order valence-corrected chi connectivity index (χ3v) is 2.83. The van der Waals surface area contributed by atoms with E-state index < -0.39 is 0 Å². The second-order valence-electron chi connectivity index (χ2n) is 3.57. The number of amides is 1. The Morgan fingerprint density at radius 1 is 1.33 bits per heavy atom. The first-order valence-corrected chi connectivity index (χ1v) is 7.02. The summed E-state index contributed by atoms with van der Waals surface area (Å²) in [5.41, 5.74) is 1.75. The highest BCUT2D eigenvalue weighted by atomic mass is 79.9. The van der Waals surface area contributed by atoms with E-state index in [9.17, 15) is 4.79 Å². The molecule has 4 nitrogen and oxygen atoms in total. The summed E-state index contributed by atoms with van der Waals surface area (Å²) in [4.78, 5) is 11.5. The molecule has 0 unspecified atom stereocenters. The standard InChI is InChI=1S/C13H18BrNO3/c1-3-17-9-13(16)15-11-5-6-12(18-4-2)10(7-11)8-14/h5-7H,3-4,8-9H2,1-2H3,(H,15,16). The minimum atomic E-state index is -0.151. The fourth-order valence-electron chi connectivity index (χ4n) is 1.45. The molecule has 0 radical (unpaired) electrons. The third kappa shape index (κ3) is 4.66. The molecule has 0 spiro atoms. The van der Waals surface area contributed by atoms with Crippen molar-refractivity contribution in [2.24, 2.45) is 0 Å². The number of hydrogen-bond donors (Lipinski definition) is 1. The quantitative estimate of drug-likeness (QED) is 0.787. The molecule has 1 N–H and O–H groups in total. The van der Waals surface area contributed by atoms with Crippen LogP contribution in [-0.2, 0) is 14.9 Å². The highest BCUT2D eigenvalue weighted by molar-refractivity contribution is 9.08. The van der Waals surface area contributed by atoms with E-state index in [1.807, 2.05) is 32.0 Å². The molecule has 0 aliphatic carbocycles. The van der Waals surface area contributed by atoms with Crippen molar-refractivity contribution in [3.05, 3.63) is 23.8 Å². The van der Waals surface area contributed by atoms with Crippen molar-refractivity contribution in [3.63, 3.8) is 0 Å². The van der Waals surface area contributed by atoms with E-state index in [1.165, 1.54) is 0 Å². The summed E-state index contributed by atoms with van der Waals surface area (Å²) in [7, 11) is 0. The number of rotatable bonds is 7. The Kier molecular flexibility index (Phi) is 6.75. The zero-order valence-corrected chi connectivity index (χ0v) is 12.2. The molecule has 18 heavy (non-hydrogen) atoms. The van der Waals surface area contributed by atoms with Gasteiger partial charge in [0.05, 0.1) is 6.61 Å². The Hall–Kier alpha value is -1.07. The van der Waals surface area contributed by atoms with E-state index in [0.29, 0.717) is 18.5 Å². The van der Waals surface area contributed by atoms with Gasteiger partial charge in [0.25, 0.3) is 0 Å². The molecule has 5 heteroatoms. The normalized spacial score (nSPS) is 10.2. The number of alkyl halides is 1. The van der Waals surface area contributed by atoms with Crippen LogP contribution >= 0.6 is 15.9 Å². The van der Waals surface area contributed by atoms with Crippen molar-refractivity contribution >= 4 is 27.5 Å². The van der Waals surface area contributed by atoms with Crippen LogP contribution in [-0.4, -0.2) is 25.7 Å². The molecule has 0 bridgehead atoms. The smallest absolute Gasteiger partial charge is 0.250 e. The second kappa shape index (κ2) is 8.11. The number of hydrogen-bond acceptors (Lipinski definition) is 3. The predicted octanol–water partition coefficient (Wildman–Crippen LogP) is 2.96. The molecule has 0 aliphatic heterocycles. The first kappa shape index (κ1) is 15.0. The van der Waals surface area contributed by atoms with Crippen molar-refractivity contribution in [3.8, 4) is 5.75 Å². The van der Waals surface area contributed by atoms with Crippen LogP contribution in [0.1, 0.15) is 19.4 Å². The molecule has 0 aliphatic rings. The Labute approximate surface area is 116 Å².